The van der Waals surface area contributed by atoms with Crippen LogP contribution in [0.15, 0.2) is 34.9 Å². The molecule has 10 nitrogen and oxygen atoms in total. The molecular formula is C16H18N6O4S. The first-order valence-electron chi connectivity index (χ1n) is 8.40. The average molecular weight is 390 g/mol. The van der Waals surface area contributed by atoms with Crippen LogP contribution in [-0.4, -0.2) is 62.4 Å². The third-order valence-corrected chi connectivity index (χ3v) is 5.84. The van der Waals surface area contributed by atoms with E-state index in [2.05, 4.69) is 20.5 Å². The molecule has 0 radical (unpaired) electrons. The summed E-state index contributed by atoms with van der Waals surface area (Å²) < 4.78 is 32.1. The van der Waals surface area contributed by atoms with Crippen LogP contribution in [-0.2, 0) is 10.0 Å². The fourth-order valence-corrected chi connectivity index (χ4v) is 3.91. The van der Waals surface area contributed by atoms with E-state index in [1.165, 1.54) is 10.6 Å². The number of aromatic hydroxyl groups is 1. The minimum absolute atomic E-state index is 0.0729. The van der Waals surface area contributed by atoms with Gasteiger partial charge in [0.1, 0.15) is 5.75 Å². The Labute approximate surface area is 155 Å². The molecule has 0 bridgehead atoms. The summed E-state index contributed by atoms with van der Waals surface area (Å²) in [6.45, 7) is 0.925. The van der Waals surface area contributed by atoms with Crippen molar-refractivity contribution in [1.29, 1.82) is 0 Å². The van der Waals surface area contributed by atoms with Crippen LogP contribution in [0.25, 0.3) is 23.0 Å². The lowest BCUT2D eigenvalue weighted by Crippen LogP contribution is -2.38. The number of benzene rings is 1. The Balaban J connectivity index is 1.48. The topological polar surface area (TPSA) is 127 Å². The Morgan fingerprint density at radius 1 is 1.07 bits per heavy atom. The smallest absolute Gasteiger partial charge is 0.270 e. The molecule has 0 amide bonds. The largest absolute Gasteiger partial charge is 0.508 e. The van der Waals surface area contributed by atoms with Gasteiger partial charge in [-0.05, 0) is 37.1 Å². The summed E-state index contributed by atoms with van der Waals surface area (Å²) in [5.41, 5.74) is 1.14. The molecule has 0 atom stereocenters. The first-order chi connectivity index (χ1) is 12.9. The molecule has 1 aliphatic rings. The van der Waals surface area contributed by atoms with Crippen LogP contribution in [0.4, 0.5) is 0 Å². The third kappa shape index (κ3) is 3.69. The minimum Gasteiger partial charge on any atom is -0.508 e. The van der Waals surface area contributed by atoms with E-state index in [9.17, 15) is 13.5 Å². The zero-order valence-electron chi connectivity index (χ0n) is 14.6. The maximum atomic E-state index is 11.6. The standard InChI is InChI=1S/C16H18N6O4S/c1-27(24,25)21-8-6-12(7-9-21)22-10-14(17-20-22)16-19-18-15(26-16)11-2-4-13(23)5-3-11/h2-5,10,12,23H,6-9H2,1H3. The highest BCUT2D eigenvalue weighted by Gasteiger charge is 2.27. The monoisotopic (exact) mass is 390 g/mol. The summed E-state index contributed by atoms with van der Waals surface area (Å²) in [5.74, 6) is 0.724. The lowest BCUT2D eigenvalue weighted by Gasteiger charge is -2.29. The molecule has 0 spiro atoms. The number of piperidine rings is 1. The van der Waals surface area contributed by atoms with Gasteiger partial charge in [-0.25, -0.2) is 17.4 Å². The number of hydrogen-bond acceptors (Lipinski definition) is 8. The number of aromatic nitrogens is 5. The first kappa shape index (κ1) is 17.6. The molecule has 11 heteroatoms. The van der Waals surface area contributed by atoms with E-state index >= 15 is 0 Å². The van der Waals surface area contributed by atoms with Crippen LogP contribution < -0.4 is 0 Å². The van der Waals surface area contributed by atoms with Gasteiger partial charge in [0.25, 0.3) is 5.89 Å². The van der Waals surface area contributed by atoms with E-state index in [-0.39, 0.29) is 17.7 Å². The Kier molecular flexibility index (Phi) is 4.40. The molecule has 0 unspecified atom stereocenters. The molecule has 1 aromatic carbocycles. The molecule has 142 valence electrons. The zero-order chi connectivity index (χ0) is 19.0. The second-order valence-electron chi connectivity index (χ2n) is 6.44. The van der Waals surface area contributed by atoms with Crippen molar-refractivity contribution in [1.82, 2.24) is 29.5 Å². The van der Waals surface area contributed by atoms with E-state index in [4.69, 9.17) is 4.42 Å². The second-order valence-corrected chi connectivity index (χ2v) is 8.42. The molecule has 1 N–H and O–H groups in total. The Morgan fingerprint density at radius 2 is 1.74 bits per heavy atom. The SMILES string of the molecule is CS(=O)(=O)N1CCC(n2cc(-c3nnc(-c4ccc(O)cc4)o3)nn2)CC1. The highest BCUT2D eigenvalue weighted by atomic mass is 32.2. The molecular weight excluding hydrogens is 372 g/mol. The highest BCUT2D eigenvalue weighted by molar-refractivity contribution is 7.88. The zero-order valence-corrected chi connectivity index (χ0v) is 15.4. The van der Waals surface area contributed by atoms with Crippen molar-refractivity contribution in [3.8, 4) is 28.8 Å². The summed E-state index contributed by atoms with van der Waals surface area (Å²) in [6, 6.07) is 6.51. The summed E-state index contributed by atoms with van der Waals surface area (Å²) in [5, 5.41) is 25.6. The van der Waals surface area contributed by atoms with Gasteiger partial charge in [0.05, 0.1) is 18.5 Å². The lowest BCUT2D eigenvalue weighted by molar-refractivity contribution is 0.259. The van der Waals surface area contributed by atoms with E-state index in [1.807, 2.05) is 0 Å². The van der Waals surface area contributed by atoms with Crippen LogP contribution in [0.2, 0.25) is 0 Å². The predicted molar refractivity (Wildman–Crippen MR) is 95.1 cm³/mol. The van der Waals surface area contributed by atoms with Crippen LogP contribution in [0, 0.1) is 0 Å². The van der Waals surface area contributed by atoms with Crippen molar-refractivity contribution in [2.24, 2.45) is 0 Å². The maximum absolute atomic E-state index is 11.6. The van der Waals surface area contributed by atoms with Crippen molar-refractivity contribution in [2.75, 3.05) is 19.3 Å². The normalized spacial score (nSPS) is 16.6. The Morgan fingerprint density at radius 3 is 2.41 bits per heavy atom. The fraction of sp³-hybridized carbons (Fsp3) is 0.375. The van der Waals surface area contributed by atoms with Crippen molar-refractivity contribution in [3.05, 3.63) is 30.5 Å². The van der Waals surface area contributed by atoms with Crippen molar-refractivity contribution >= 4 is 10.0 Å². The summed E-state index contributed by atoms with van der Waals surface area (Å²) in [6.07, 6.45) is 4.29. The average Bonchev–Trinajstić information content (AvgIpc) is 3.31. The molecule has 27 heavy (non-hydrogen) atoms. The number of nitrogens with zero attached hydrogens (tertiary/aromatic N) is 6. The molecule has 4 rings (SSSR count). The van der Waals surface area contributed by atoms with Gasteiger partial charge in [-0.15, -0.1) is 15.3 Å². The van der Waals surface area contributed by atoms with E-state index < -0.39 is 10.0 Å². The van der Waals surface area contributed by atoms with Crippen LogP contribution >= 0.6 is 0 Å². The maximum Gasteiger partial charge on any atom is 0.270 e. The van der Waals surface area contributed by atoms with Gasteiger partial charge in [0.2, 0.25) is 15.9 Å². The molecule has 3 aromatic rings. The second kappa shape index (κ2) is 6.74. The quantitative estimate of drug-likeness (QED) is 0.706. The molecule has 1 saturated heterocycles. The van der Waals surface area contributed by atoms with Crippen LogP contribution in [0.1, 0.15) is 18.9 Å². The van der Waals surface area contributed by atoms with E-state index in [1.54, 1.807) is 35.1 Å². The minimum atomic E-state index is -3.16. The van der Waals surface area contributed by atoms with E-state index in [0.717, 1.165) is 0 Å². The number of sulfonamides is 1. The fourth-order valence-electron chi connectivity index (χ4n) is 3.04. The number of phenols is 1. The van der Waals surface area contributed by atoms with Crippen molar-refractivity contribution in [3.63, 3.8) is 0 Å². The Hall–Kier alpha value is -2.79. The lowest BCUT2D eigenvalue weighted by atomic mass is 10.1. The number of rotatable bonds is 4. The van der Waals surface area contributed by atoms with Crippen molar-refractivity contribution < 1.29 is 17.9 Å². The molecule has 3 heterocycles. The molecule has 0 aliphatic carbocycles. The van der Waals surface area contributed by atoms with Crippen LogP contribution in [0.5, 0.6) is 5.75 Å². The molecule has 2 aromatic heterocycles. The van der Waals surface area contributed by atoms with Gasteiger partial charge in [0.15, 0.2) is 5.69 Å². The van der Waals surface area contributed by atoms with Gasteiger partial charge in [-0.3, -0.25) is 0 Å². The number of hydrogen-bond donors (Lipinski definition) is 1. The summed E-state index contributed by atoms with van der Waals surface area (Å²) >= 11 is 0. The van der Waals surface area contributed by atoms with E-state index in [0.29, 0.717) is 43.1 Å². The third-order valence-electron chi connectivity index (χ3n) is 4.54. The summed E-state index contributed by atoms with van der Waals surface area (Å²) in [4.78, 5) is 0. The summed E-state index contributed by atoms with van der Waals surface area (Å²) in [7, 11) is -3.16. The van der Waals surface area contributed by atoms with Gasteiger partial charge in [-0.2, -0.15) is 0 Å². The molecule has 0 saturated carbocycles. The van der Waals surface area contributed by atoms with Crippen molar-refractivity contribution in [2.45, 2.75) is 18.9 Å². The van der Waals surface area contributed by atoms with Gasteiger partial charge in [0, 0.05) is 18.7 Å². The Bertz CT molecular complexity index is 1040. The predicted octanol–water partition coefficient (Wildman–Crippen LogP) is 1.30. The highest BCUT2D eigenvalue weighted by Crippen LogP contribution is 2.27. The van der Waals surface area contributed by atoms with Gasteiger partial charge < -0.3 is 9.52 Å². The van der Waals surface area contributed by atoms with Gasteiger partial charge >= 0.3 is 0 Å². The van der Waals surface area contributed by atoms with Crippen LogP contribution in [0.3, 0.4) is 0 Å². The molecule has 1 aliphatic heterocycles. The molecule has 1 fully saturated rings. The number of phenolic OH excluding ortho intramolecular Hbond substituents is 1. The van der Waals surface area contributed by atoms with Gasteiger partial charge in [-0.1, -0.05) is 5.21 Å². The first-order valence-corrected chi connectivity index (χ1v) is 10.3.